The smallest absolute Gasteiger partial charge is 0.315 e. The molecule has 1 N–H and O–H groups in total. The van der Waals surface area contributed by atoms with E-state index in [2.05, 4.69) is 10.3 Å². The molecule has 5 nitrogen and oxygen atoms in total. The summed E-state index contributed by atoms with van der Waals surface area (Å²) < 4.78 is 0. The van der Waals surface area contributed by atoms with Crippen LogP contribution in [-0.4, -0.2) is 34.8 Å². The number of hydrogen-bond acceptors (Lipinski definition) is 3. The van der Waals surface area contributed by atoms with E-state index in [0.717, 1.165) is 18.4 Å². The van der Waals surface area contributed by atoms with Gasteiger partial charge in [-0.2, -0.15) is 0 Å². The molecule has 2 amide bonds. The Morgan fingerprint density at radius 2 is 1.84 bits per heavy atom. The molecule has 0 saturated heterocycles. The van der Waals surface area contributed by atoms with Crippen LogP contribution in [0.3, 0.4) is 0 Å². The molecular formula is C14H21N3O2. The molecule has 0 radical (unpaired) electrons. The van der Waals surface area contributed by atoms with Gasteiger partial charge in [-0.1, -0.05) is 19.9 Å². The number of aryl methyl sites for hydroxylation is 1. The number of pyridine rings is 1. The number of carbonyl (C=O) groups excluding carboxylic acids is 2. The maximum absolute atomic E-state index is 12.0. The summed E-state index contributed by atoms with van der Waals surface area (Å²) >= 11 is 0. The van der Waals surface area contributed by atoms with Crippen LogP contribution in [0.15, 0.2) is 18.3 Å². The molecule has 0 aliphatic rings. The van der Waals surface area contributed by atoms with Crippen LogP contribution in [0.5, 0.6) is 0 Å². The van der Waals surface area contributed by atoms with Gasteiger partial charge in [0, 0.05) is 19.3 Å². The van der Waals surface area contributed by atoms with E-state index in [9.17, 15) is 9.59 Å². The van der Waals surface area contributed by atoms with Crippen LogP contribution in [0.4, 0.5) is 5.82 Å². The highest BCUT2D eigenvalue weighted by Crippen LogP contribution is 2.05. The highest BCUT2D eigenvalue weighted by atomic mass is 16.2. The Bertz CT molecular complexity index is 423. The Morgan fingerprint density at radius 3 is 2.32 bits per heavy atom. The summed E-state index contributed by atoms with van der Waals surface area (Å²) in [6.07, 6.45) is 3.32. The fraction of sp³-hybridized carbons (Fsp3) is 0.500. The average molecular weight is 263 g/mol. The van der Waals surface area contributed by atoms with E-state index in [-0.39, 0.29) is 0 Å². The monoisotopic (exact) mass is 263 g/mol. The number of aromatic nitrogens is 1. The highest BCUT2D eigenvalue weighted by Gasteiger charge is 2.20. The Morgan fingerprint density at radius 1 is 1.21 bits per heavy atom. The first-order valence-electron chi connectivity index (χ1n) is 6.61. The second kappa shape index (κ2) is 7.51. The number of anilines is 1. The Kier molecular flexibility index (Phi) is 5.99. The molecule has 1 rings (SSSR count). The standard InChI is InChI=1S/C14H21N3O2/c1-4-8-17(9-5-2)14(19)13(18)16-12-7-6-11(3)10-15-12/h6-7,10H,4-5,8-9H2,1-3H3,(H,15,16,18). The van der Waals surface area contributed by atoms with Crippen molar-refractivity contribution in [2.45, 2.75) is 33.6 Å². The van der Waals surface area contributed by atoms with Gasteiger partial charge in [0.05, 0.1) is 0 Å². The molecule has 1 aromatic heterocycles. The lowest BCUT2D eigenvalue weighted by Crippen LogP contribution is -2.40. The van der Waals surface area contributed by atoms with E-state index in [1.165, 1.54) is 0 Å². The third kappa shape index (κ3) is 4.69. The number of nitrogens with one attached hydrogen (secondary N) is 1. The predicted molar refractivity (Wildman–Crippen MR) is 74.8 cm³/mol. The van der Waals surface area contributed by atoms with E-state index in [0.29, 0.717) is 18.9 Å². The van der Waals surface area contributed by atoms with E-state index >= 15 is 0 Å². The second-order valence-corrected chi connectivity index (χ2v) is 4.47. The van der Waals surface area contributed by atoms with Gasteiger partial charge in [-0.25, -0.2) is 4.98 Å². The normalized spacial score (nSPS) is 10.1. The number of nitrogens with zero attached hydrogens (tertiary/aromatic N) is 2. The van der Waals surface area contributed by atoms with Crippen molar-refractivity contribution in [3.8, 4) is 0 Å². The molecular weight excluding hydrogens is 242 g/mol. The van der Waals surface area contributed by atoms with E-state index in [1.807, 2.05) is 26.8 Å². The first-order valence-corrected chi connectivity index (χ1v) is 6.61. The third-order valence-corrected chi connectivity index (χ3v) is 2.62. The summed E-state index contributed by atoms with van der Waals surface area (Å²) in [4.78, 5) is 29.4. The van der Waals surface area contributed by atoms with Gasteiger partial charge in [0.2, 0.25) is 0 Å². The molecule has 0 atom stereocenters. The quantitative estimate of drug-likeness (QED) is 0.826. The second-order valence-electron chi connectivity index (χ2n) is 4.47. The SMILES string of the molecule is CCCN(CCC)C(=O)C(=O)Nc1ccc(C)cn1. The fourth-order valence-corrected chi connectivity index (χ4v) is 1.71. The maximum atomic E-state index is 12.0. The molecule has 104 valence electrons. The maximum Gasteiger partial charge on any atom is 0.315 e. The van der Waals surface area contributed by atoms with Gasteiger partial charge in [0.15, 0.2) is 0 Å². The zero-order valence-electron chi connectivity index (χ0n) is 11.8. The van der Waals surface area contributed by atoms with Crippen molar-refractivity contribution >= 4 is 17.6 Å². The lowest BCUT2D eigenvalue weighted by atomic mass is 10.3. The summed E-state index contributed by atoms with van der Waals surface area (Å²) in [6.45, 7) is 7.07. The molecule has 1 aromatic rings. The van der Waals surface area contributed by atoms with Crippen LogP contribution in [0.2, 0.25) is 0 Å². The van der Waals surface area contributed by atoms with E-state index in [4.69, 9.17) is 0 Å². The molecule has 0 aliphatic heterocycles. The molecule has 0 aliphatic carbocycles. The van der Waals surface area contributed by atoms with Crippen molar-refractivity contribution in [2.24, 2.45) is 0 Å². The minimum absolute atomic E-state index is 0.400. The molecule has 0 spiro atoms. The van der Waals surface area contributed by atoms with Crippen molar-refractivity contribution in [2.75, 3.05) is 18.4 Å². The largest absolute Gasteiger partial charge is 0.334 e. The highest BCUT2D eigenvalue weighted by molar-refractivity contribution is 6.39. The fourth-order valence-electron chi connectivity index (χ4n) is 1.71. The predicted octanol–water partition coefficient (Wildman–Crippen LogP) is 1.98. The van der Waals surface area contributed by atoms with Crippen LogP contribution in [0, 0.1) is 6.92 Å². The Hall–Kier alpha value is -1.91. The number of carbonyl (C=O) groups is 2. The molecule has 0 aromatic carbocycles. The van der Waals surface area contributed by atoms with E-state index < -0.39 is 11.8 Å². The number of hydrogen-bond donors (Lipinski definition) is 1. The average Bonchev–Trinajstić information content (AvgIpc) is 2.40. The Balaban J connectivity index is 2.65. The Labute approximate surface area is 114 Å². The third-order valence-electron chi connectivity index (χ3n) is 2.62. The van der Waals surface area contributed by atoms with Crippen molar-refractivity contribution in [1.82, 2.24) is 9.88 Å². The van der Waals surface area contributed by atoms with Crippen molar-refractivity contribution < 1.29 is 9.59 Å². The lowest BCUT2D eigenvalue weighted by molar-refractivity contribution is -0.143. The lowest BCUT2D eigenvalue weighted by Gasteiger charge is -2.20. The van der Waals surface area contributed by atoms with Gasteiger partial charge in [0.25, 0.3) is 0 Å². The first kappa shape index (κ1) is 15.1. The van der Waals surface area contributed by atoms with Crippen LogP contribution in [-0.2, 0) is 9.59 Å². The molecule has 0 unspecified atom stereocenters. The zero-order chi connectivity index (χ0) is 14.3. The minimum atomic E-state index is -0.627. The molecule has 0 bridgehead atoms. The molecule has 1 heterocycles. The molecule has 0 saturated carbocycles. The summed E-state index contributed by atoms with van der Waals surface area (Å²) in [7, 11) is 0. The van der Waals surface area contributed by atoms with Gasteiger partial charge in [-0.3, -0.25) is 9.59 Å². The van der Waals surface area contributed by atoms with Crippen molar-refractivity contribution in [3.63, 3.8) is 0 Å². The zero-order valence-corrected chi connectivity index (χ0v) is 11.8. The van der Waals surface area contributed by atoms with Gasteiger partial charge in [-0.05, 0) is 31.4 Å². The molecule has 19 heavy (non-hydrogen) atoms. The van der Waals surface area contributed by atoms with Crippen LogP contribution in [0.25, 0.3) is 0 Å². The first-order chi connectivity index (χ1) is 9.08. The summed E-state index contributed by atoms with van der Waals surface area (Å²) in [5, 5.41) is 2.52. The van der Waals surface area contributed by atoms with Crippen LogP contribution in [0.1, 0.15) is 32.3 Å². The summed E-state index contributed by atoms with van der Waals surface area (Å²) in [5.74, 6) is -0.721. The molecule has 5 heteroatoms. The topological polar surface area (TPSA) is 62.3 Å². The minimum Gasteiger partial charge on any atom is -0.334 e. The van der Waals surface area contributed by atoms with Gasteiger partial charge < -0.3 is 10.2 Å². The van der Waals surface area contributed by atoms with Crippen molar-refractivity contribution in [1.29, 1.82) is 0 Å². The van der Waals surface area contributed by atoms with Gasteiger partial charge in [-0.15, -0.1) is 0 Å². The van der Waals surface area contributed by atoms with Crippen LogP contribution < -0.4 is 5.32 Å². The number of rotatable bonds is 5. The molecule has 0 fully saturated rings. The van der Waals surface area contributed by atoms with E-state index in [1.54, 1.807) is 17.2 Å². The summed E-state index contributed by atoms with van der Waals surface area (Å²) in [5.41, 5.74) is 1.00. The summed E-state index contributed by atoms with van der Waals surface area (Å²) in [6, 6.07) is 3.52. The van der Waals surface area contributed by atoms with Gasteiger partial charge >= 0.3 is 11.8 Å². The number of amides is 2. The van der Waals surface area contributed by atoms with Gasteiger partial charge in [0.1, 0.15) is 5.82 Å². The van der Waals surface area contributed by atoms with Crippen molar-refractivity contribution in [3.05, 3.63) is 23.9 Å². The van der Waals surface area contributed by atoms with Crippen LogP contribution >= 0.6 is 0 Å².